The number of hydrogen-bond acceptors (Lipinski definition) is 13. The molecule has 0 fully saturated rings. The number of esters is 1. The van der Waals surface area contributed by atoms with Gasteiger partial charge in [-0.3, -0.25) is 14.9 Å². The molecule has 0 saturated heterocycles. The van der Waals surface area contributed by atoms with Crippen LogP contribution in [0.4, 0.5) is 10.5 Å². The molecule has 1 aliphatic rings. The Morgan fingerprint density at radius 3 is 2.00 bits per heavy atom. The summed E-state index contributed by atoms with van der Waals surface area (Å²) in [7, 11) is 8.07. The molecule has 1 aliphatic carbocycles. The normalized spacial score (nSPS) is 12.3. The Bertz CT molecular complexity index is 1750. The van der Waals surface area contributed by atoms with Crippen LogP contribution >= 0.6 is 0 Å². The van der Waals surface area contributed by atoms with E-state index in [4.69, 9.17) is 33.2 Å². The molecule has 0 aliphatic heterocycles. The van der Waals surface area contributed by atoms with Crippen LogP contribution in [0.1, 0.15) is 39.0 Å². The SMILES string of the molecule is CCOC(=O)Nc1c(-c2ccc3c(n2)C(=O)C(=O)C(OC)=C3OC)nc(C(=O)OC)c(C)c1-c1ccc(OC)c(OC)c1OC. The lowest BCUT2D eigenvalue weighted by atomic mass is 9.93. The highest BCUT2D eigenvalue weighted by molar-refractivity contribution is 6.51. The third-order valence-corrected chi connectivity index (χ3v) is 6.92. The van der Waals surface area contributed by atoms with Gasteiger partial charge < -0.3 is 33.2 Å². The van der Waals surface area contributed by atoms with Crippen LogP contribution in [0.25, 0.3) is 28.3 Å². The molecule has 14 heteroatoms. The monoisotopic (exact) mass is 621 g/mol. The van der Waals surface area contributed by atoms with Crippen molar-refractivity contribution in [2.75, 3.05) is 54.6 Å². The van der Waals surface area contributed by atoms with Gasteiger partial charge in [0.1, 0.15) is 11.4 Å². The van der Waals surface area contributed by atoms with Gasteiger partial charge in [0.15, 0.2) is 23.0 Å². The van der Waals surface area contributed by atoms with Gasteiger partial charge in [-0.1, -0.05) is 0 Å². The molecule has 2 heterocycles. The van der Waals surface area contributed by atoms with Crippen molar-refractivity contribution in [1.82, 2.24) is 9.97 Å². The lowest BCUT2D eigenvalue weighted by molar-refractivity contribution is -0.114. The fraction of sp³-hybridized carbons (Fsp3) is 0.290. The molecule has 0 bridgehead atoms. The Morgan fingerprint density at radius 2 is 1.42 bits per heavy atom. The third-order valence-electron chi connectivity index (χ3n) is 6.92. The van der Waals surface area contributed by atoms with E-state index in [9.17, 15) is 19.2 Å². The van der Waals surface area contributed by atoms with E-state index in [-0.39, 0.29) is 69.2 Å². The van der Waals surface area contributed by atoms with Gasteiger partial charge in [0, 0.05) is 11.1 Å². The fourth-order valence-electron chi connectivity index (χ4n) is 4.95. The van der Waals surface area contributed by atoms with Gasteiger partial charge in [-0.05, 0) is 43.7 Å². The van der Waals surface area contributed by atoms with E-state index in [1.807, 2.05) is 0 Å². The highest BCUT2D eigenvalue weighted by Crippen LogP contribution is 2.49. The number of methoxy groups -OCH3 is 6. The van der Waals surface area contributed by atoms with Crippen molar-refractivity contribution in [3.63, 3.8) is 0 Å². The predicted octanol–water partition coefficient (Wildman–Crippen LogP) is 4.23. The van der Waals surface area contributed by atoms with E-state index in [1.165, 1.54) is 54.8 Å². The number of pyridine rings is 2. The van der Waals surface area contributed by atoms with Crippen molar-refractivity contribution in [2.24, 2.45) is 0 Å². The van der Waals surface area contributed by atoms with Crippen LogP contribution in [0, 0.1) is 6.92 Å². The minimum absolute atomic E-state index is 0.0175. The first-order chi connectivity index (χ1) is 21.6. The van der Waals surface area contributed by atoms with Gasteiger partial charge in [0.2, 0.25) is 11.5 Å². The number of anilines is 1. The maximum absolute atomic E-state index is 13.1. The number of carbonyl (C=O) groups is 4. The molecule has 2 aromatic heterocycles. The molecule has 236 valence electrons. The quantitative estimate of drug-likeness (QED) is 0.252. The zero-order valence-corrected chi connectivity index (χ0v) is 25.9. The highest BCUT2D eigenvalue weighted by atomic mass is 16.6. The van der Waals surface area contributed by atoms with E-state index in [0.29, 0.717) is 16.9 Å². The van der Waals surface area contributed by atoms with Gasteiger partial charge in [-0.15, -0.1) is 0 Å². The van der Waals surface area contributed by atoms with Gasteiger partial charge in [-0.2, -0.15) is 0 Å². The maximum Gasteiger partial charge on any atom is 0.411 e. The summed E-state index contributed by atoms with van der Waals surface area (Å²) in [5.74, 6) is -2.15. The first kappa shape index (κ1) is 32.3. The molecule has 0 spiro atoms. The summed E-state index contributed by atoms with van der Waals surface area (Å²) in [6.45, 7) is 3.28. The molecule has 3 aromatic rings. The second-order valence-corrected chi connectivity index (χ2v) is 9.22. The number of rotatable bonds is 10. The highest BCUT2D eigenvalue weighted by Gasteiger charge is 2.37. The Kier molecular flexibility index (Phi) is 9.55. The van der Waals surface area contributed by atoms with Crippen molar-refractivity contribution in [3.8, 4) is 39.8 Å². The number of amides is 1. The summed E-state index contributed by atoms with van der Waals surface area (Å²) in [5, 5.41) is 2.71. The maximum atomic E-state index is 13.1. The number of nitrogens with one attached hydrogen (secondary N) is 1. The van der Waals surface area contributed by atoms with Crippen LogP contribution in [0.5, 0.6) is 17.2 Å². The van der Waals surface area contributed by atoms with Crippen LogP contribution in [-0.4, -0.2) is 82.9 Å². The van der Waals surface area contributed by atoms with Crippen molar-refractivity contribution in [1.29, 1.82) is 0 Å². The van der Waals surface area contributed by atoms with Gasteiger partial charge in [0.05, 0.1) is 66.2 Å². The molecule has 0 unspecified atom stereocenters. The van der Waals surface area contributed by atoms with E-state index in [2.05, 4.69) is 15.3 Å². The average Bonchev–Trinajstić information content (AvgIpc) is 3.05. The average molecular weight is 622 g/mol. The molecule has 0 saturated carbocycles. The number of allylic oxidation sites excluding steroid dienone is 1. The van der Waals surface area contributed by atoms with Crippen LogP contribution in [-0.2, 0) is 23.7 Å². The Balaban J connectivity index is 2.15. The fourth-order valence-corrected chi connectivity index (χ4v) is 4.95. The molecular formula is C31H31N3O11. The molecule has 4 rings (SSSR count). The number of fused-ring (bicyclic) bond motifs is 1. The standard InChI is InChI=1S/C31H31N3O11/c1-9-45-31(38)34-23-19(15-11-13-18(39-3)28(42-6)26(15)40-4)14(2)20(30(37)44-8)33-22(23)17-12-10-16-21(32-17)24(35)25(36)29(43-7)27(16)41-5/h10-13H,9H2,1-8H3,(H,34,38). The molecule has 1 amide bonds. The van der Waals surface area contributed by atoms with Crippen molar-refractivity contribution in [3.05, 3.63) is 52.5 Å². The van der Waals surface area contributed by atoms with E-state index in [0.717, 1.165) is 0 Å². The second-order valence-electron chi connectivity index (χ2n) is 9.22. The van der Waals surface area contributed by atoms with Crippen LogP contribution in [0.15, 0.2) is 30.0 Å². The van der Waals surface area contributed by atoms with Gasteiger partial charge >= 0.3 is 12.1 Å². The van der Waals surface area contributed by atoms with Crippen molar-refractivity contribution < 1.29 is 52.3 Å². The summed E-state index contributed by atoms with van der Waals surface area (Å²) < 4.78 is 37.4. The minimum atomic E-state index is -0.959. The molecule has 14 nitrogen and oxygen atoms in total. The summed E-state index contributed by atoms with van der Waals surface area (Å²) in [5.41, 5.74) is 0.768. The number of carbonyl (C=O) groups excluding carboxylic acids is 4. The number of aromatic nitrogens is 2. The smallest absolute Gasteiger partial charge is 0.411 e. The number of Topliss-reactive ketones (excluding diaryl/α,β-unsaturated/α-hetero) is 2. The summed E-state index contributed by atoms with van der Waals surface area (Å²) in [6.07, 6.45) is -0.843. The van der Waals surface area contributed by atoms with E-state index in [1.54, 1.807) is 26.0 Å². The number of hydrogen-bond donors (Lipinski definition) is 1. The third kappa shape index (κ3) is 5.57. The van der Waals surface area contributed by atoms with Crippen molar-refractivity contribution >= 4 is 35.1 Å². The second kappa shape index (κ2) is 13.3. The van der Waals surface area contributed by atoms with Gasteiger partial charge in [-0.25, -0.2) is 19.6 Å². The largest absolute Gasteiger partial charge is 0.493 e. The summed E-state index contributed by atoms with van der Waals surface area (Å²) in [6, 6.07) is 6.24. The Labute approximate surface area is 258 Å². The Hall–Kier alpha value is -5.66. The summed E-state index contributed by atoms with van der Waals surface area (Å²) in [4.78, 5) is 61.0. The molecule has 45 heavy (non-hydrogen) atoms. The number of nitrogens with zero attached hydrogens (tertiary/aromatic N) is 2. The first-order valence-electron chi connectivity index (χ1n) is 13.4. The van der Waals surface area contributed by atoms with Crippen molar-refractivity contribution in [2.45, 2.75) is 13.8 Å². The van der Waals surface area contributed by atoms with E-state index < -0.39 is 23.6 Å². The van der Waals surface area contributed by atoms with E-state index >= 15 is 0 Å². The topological polar surface area (TPSA) is 171 Å². The molecule has 1 aromatic carbocycles. The molecule has 0 radical (unpaired) electrons. The van der Waals surface area contributed by atoms with Crippen LogP contribution < -0.4 is 19.5 Å². The van der Waals surface area contributed by atoms with Crippen LogP contribution in [0.2, 0.25) is 0 Å². The van der Waals surface area contributed by atoms with Crippen LogP contribution in [0.3, 0.4) is 0 Å². The minimum Gasteiger partial charge on any atom is -0.493 e. The molecular weight excluding hydrogens is 590 g/mol. The zero-order chi connectivity index (χ0) is 33.0. The molecule has 0 atom stereocenters. The Morgan fingerprint density at radius 1 is 0.756 bits per heavy atom. The molecule has 1 N–H and O–H groups in total. The van der Waals surface area contributed by atoms with Gasteiger partial charge in [0.25, 0.3) is 11.6 Å². The lowest BCUT2D eigenvalue weighted by Gasteiger charge is -2.23. The first-order valence-corrected chi connectivity index (χ1v) is 13.4. The zero-order valence-electron chi connectivity index (χ0n) is 25.9. The number of benzene rings is 1. The predicted molar refractivity (Wildman–Crippen MR) is 160 cm³/mol. The number of ether oxygens (including phenoxy) is 7. The lowest BCUT2D eigenvalue weighted by Crippen LogP contribution is -2.27. The summed E-state index contributed by atoms with van der Waals surface area (Å²) >= 11 is 0. The number of ketones is 2.